The summed E-state index contributed by atoms with van der Waals surface area (Å²) in [6.07, 6.45) is 0. The van der Waals surface area contributed by atoms with Crippen molar-refractivity contribution in [3.8, 4) is 0 Å². The van der Waals surface area contributed by atoms with Crippen LogP contribution in [0.4, 0.5) is 0 Å². The van der Waals surface area contributed by atoms with Gasteiger partial charge in [0.15, 0.2) is 0 Å². The van der Waals surface area contributed by atoms with E-state index < -0.39 is 6.04 Å². The molecule has 0 spiro atoms. The summed E-state index contributed by atoms with van der Waals surface area (Å²) in [4.78, 5) is 14.4. The van der Waals surface area contributed by atoms with Gasteiger partial charge in [-0.1, -0.05) is 30.3 Å². The van der Waals surface area contributed by atoms with Crippen molar-refractivity contribution >= 4 is 5.91 Å². The van der Waals surface area contributed by atoms with Gasteiger partial charge in [-0.3, -0.25) is 9.69 Å². The van der Waals surface area contributed by atoms with E-state index in [1.165, 1.54) is 0 Å². The van der Waals surface area contributed by atoms with Gasteiger partial charge in [0.25, 0.3) is 0 Å². The Kier molecular flexibility index (Phi) is 5.52. The molecule has 0 aromatic heterocycles. The molecule has 3 N–H and O–H groups in total. The summed E-state index contributed by atoms with van der Waals surface area (Å²) in [5.74, 6) is -0.128. The minimum absolute atomic E-state index is 0.0790. The molecule has 1 aromatic rings. The maximum Gasteiger partial charge on any atom is 0.241 e. The van der Waals surface area contributed by atoms with E-state index >= 15 is 0 Å². The lowest BCUT2D eigenvalue weighted by atomic mass is 10.1. The Morgan fingerprint density at radius 1 is 1.35 bits per heavy atom. The van der Waals surface area contributed by atoms with Gasteiger partial charge >= 0.3 is 0 Å². The van der Waals surface area contributed by atoms with Gasteiger partial charge in [-0.05, 0) is 12.5 Å². The van der Waals surface area contributed by atoms with Crippen molar-refractivity contribution in [1.29, 1.82) is 0 Å². The summed E-state index contributed by atoms with van der Waals surface area (Å²) >= 11 is 0. The topological polar surface area (TPSA) is 67.6 Å². The van der Waals surface area contributed by atoms with Crippen LogP contribution in [0.15, 0.2) is 30.3 Å². The summed E-state index contributed by atoms with van der Waals surface area (Å²) in [7, 11) is 0. The fourth-order valence-corrected chi connectivity index (χ4v) is 2.36. The maximum atomic E-state index is 12.1. The van der Waals surface area contributed by atoms with Crippen molar-refractivity contribution in [3.63, 3.8) is 0 Å². The lowest BCUT2D eigenvalue weighted by Crippen LogP contribution is -2.47. The lowest BCUT2D eigenvalue weighted by molar-refractivity contribution is -0.123. The Balaban J connectivity index is 1.81. The van der Waals surface area contributed by atoms with E-state index in [9.17, 15) is 4.79 Å². The van der Waals surface area contributed by atoms with E-state index in [2.05, 4.69) is 10.2 Å². The number of morpholine rings is 1. The molecule has 5 nitrogen and oxygen atoms in total. The maximum absolute atomic E-state index is 12.1. The third kappa shape index (κ3) is 4.30. The number of nitrogens with two attached hydrogens (primary N) is 1. The first-order chi connectivity index (χ1) is 9.66. The third-order valence-corrected chi connectivity index (χ3v) is 3.47. The van der Waals surface area contributed by atoms with Crippen molar-refractivity contribution in [2.45, 2.75) is 19.0 Å². The van der Waals surface area contributed by atoms with Crippen molar-refractivity contribution in [1.82, 2.24) is 10.2 Å². The number of carbonyl (C=O) groups is 1. The van der Waals surface area contributed by atoms with Gasteiger partial charge in [-0.2, -0.15) is 0 Å². The Bertz CT molecular complexity index is 418. The molecule has 0 aliphatic carbocycles. The van der Waals surface area contributed by atoms with Crippen molar-refractivity contribution in [2.24, 2.45) is 5.73 Å². The molecule has 5 heteroatoms. The van der Waals surface area contributed by atoms with Crippen LogP contribution >= 0.6 is 0 Å². The molecule has 2 unspecified atom stereocenters. The molecule has 110 valence electrons. The SMILES string of the molecule is CC(CN1CCOCC1)NC(=O)C(N)c1ccccc1. The summed E-state index contributed by atoms with van der Waals surface area (Å²) in [5, 5.41) is 2.98. The Morgan fingerprint density at radius 3 is 2.65 bits per heavy atom. The van der Waals surface area contributed by atoms with E-state index in [4.69, 9.17) is 10.5 Å². The number of ether oxygens (including phenoxy) is 1. The van der Waals surface area contributed by atoms with E-state index in [1.54, 1.807) is 0 Å². The molecular weight excluding hydrogens is 254 g/mol. The van der Waals surface area contributed by atoms with Crippen LogP contribution in [-0.2, 0) is 9.53 Å². The van der Waals surface area contributed by atoms with Crippen LogP contribution in [0, 0.1) is 0 Å². The number of benzene rings is 1. The summed E-state index contributed by atoms with van der Waals surface area (Å²) in [6, 6.07) is 8.90. The molecule has 1 fully saturated rings. The molecule has 2 rings (SSSR count). The fraction of sp³-hybridized carbons (Fsp3) is 0.533. The average molecular weight is 277 g/mol. The van der Waals surface area contributed by atoms with Gasteiger partial charge < -0.3 is 15.8 Å². The smallest absolute Gasteiger partial charge is 0.241 e. The van der Waals surface area contributed by atoms with Gasteiger partial charge in [0, 0.05) is 25.7 Å². The summed E-state index contributed by atoms with van der Waals surface area (Å²) in [5.41, 5.74) is 6.81. The number of rotatable bonds is 5. The van der Waals surface area contributed by atoms with E-state index in [-0.39, 0.29) is 11.9 Å². The van der Waals surface area contributed by atoms with Crippen LogP contribution in [0.5, 0.6) is 0 Å². The van der Waals surface area contributed by atoms with Gasteiger partial charge in [0.05, 0.1) is 13.2 Å². The molecule has 0 bridgehead atoms. The van der Waals surface area contributed by atoms with Crippen LogP contribution in [0.2, 0.25) is 0 Å². The molecule has 0 radical (unpaired) electrons. The first kappa shape index (κ1) is 15.0. The normalized spacial score (nSPS) is 19.3. The van der Waals surface area contributed by atoms with Gasteiger partial charge in [0.2, 0.25) is 5.91 Å². The zero-order valence-corrected chi connectivity index (χ0v) is 11.9. The van der Waals surface area contributed by atoms with Crippen LogP contribution in [-0.4, -0.2) is 49.7 Å². The summed E-state index contributed by atoms with van der Waals surface area (Å²) in [6.45, 7) is 6.21. The highest BCUT2D eigenvalue weighted by atomic mass is 16.5. The molecular formula is C15H23N3O2. The Morgan fingerprint density at radius 2 is 2.00 bits per heavy atom. The van der Waals surface area contributed by atoms with Crippen LogP contribution < -0.4 is 11.1 Å². The first-order valence-electron chi connectivity index (χ1n) is 7.08. The van der Waals surface area contributed by atoms with Crippen molar-refractivity contribution < 1.29 is 9.53 Å². The number of hydrogen-bond donors (Lipinski definition) is 2. The van der Waals surface area contributed by atoms with Crippen molar-refractivity contribution in [2.75, 3.05) is 32.8 Å². The molecule has 1 saturated heterocycles. The Labute approximate surface area is 120 Å². The second-order valence-electron chi connectivity index (χ2n) is 5.21. The minimum atomic E-state index is -0.608. The summed E-state index contributed by atoms with van der Waals surface area (Å²) < 4.78 is 5.31. The standard InChI is InChI=1S/C15H23N3O2/c1-12(11-18-7-9-20-10-8-18)17-15(19)14(16)13-5-3-2-4-6-13/h2-6,12,14H,7-11,16H2,1H3,(H,17,19). The third-order valence-electron chi connectivity index (χ3n) is 3.47. The van der Waals surface area contributed by atoms with Gasteiger partial charge in [-0.15, -0.1) is 0 Å². The lowest BCUT2D eigenvalue weighted by Gasteiger charge is -2.29. The van der Waals surface area contributed by atoms with Crippen LogP contribution in [0.1, 0.15) is 18.5 Å². The highest BCUT2D eigenvalue weighted by molar-refractivity contribution is 5.83. The fourth-order valence-electron chi connectivity index (χ4n) is 2.36. The number of hydrogen-bond acceptors (Lipinski definition) is 4. The van der Waals surface area contributed by atoms with E-state index in [0.717, 1.165) is 38.4 Å². The number of carbonyl (C=O) groups excluding carboxylic acids is 1. The zero-order valence-electron chi connectivity index (χ0n) is 11.9. The molecule has 20 heavy (non-hydrogen) atoms. The van der Waals surface area contributed by atoms with Crippen LogP contribution in [0.25, 0.3) is 0 Å². The molecule has 2 atom stereocenters. The minimum Gasteiger partial charge on any atom is -0.379 e. The van der Waals surface area contributed by atoms with Crippen LogP contribution in [0.3, 0.4) is 0 Å². The predicted molar refractivity (Wildman–Crippen MR) is 78.2 cm³/mol. The molecule has 1 amide bonds. The molecule has 1 aliphatic heterocycles. The highest BCUT2D eigenvalue weighted by Crippen LogP contribution is 2.09. The van der Waals surface area contributed by atoms with Crippen molar-refractivity contribution in [3.05, 3.63) is 35.9 Å². The second kappa shape index (κ2) is 7.38. The average Bonchev–Trinajstić information content (AvgIpc) is 2.48. The molecule has 1 aliphatic rings. The molecule has 0 saturated carbocycles. The largest absolute Gasteiger partial charge is 0.379 e. The monoisotopic (exact) mass is 277 g/mol. The molecule has 1 heterocycles. The second-order valence-corrected chi connectivity index (χ2v) is 5.21. The number of nitrogens with one attached hydrogen (secondary N) is 1. The van der Waals surface area contributed by atoms with Gasteiger partial charge in [0.1, 0.15) is 6.04 Å². The number of nitrogens with zero attached hydrogens (tertiary/aromatic N) is 1. The first-order valence-corrected chi connectivity index (χ1v) is 7.08. The highest BCUT2D eigenvalue weighted by Gasteiger charge is 2.19. The quantitative estimate of drug-likeness (QED) is 0.823. The zero-order chi connectivity index (χ0) is 14.4. The van der Waals surface area contributed by atoms with Gasteiger partial charge in [-0.25, -0.2) is 0 Å². The van der Waals surface area contributed by atoms with E-state index in [0.29, 0.717) is 0 Å². The van der Waals surface area contributed by atoms with E-state index in [1.807, 2.05) is 37.3 Å². The number of amides is 1. The Hall–Kier alpha value is -1.43. The predicted octanol–water partition coefficient (Wildman–Crippen LogP) is 0.523. The molecule has 1 aromatic carbocycles.